The van der Waals surface area contributed by atoms with Crippen LogP contribution in [0.15, 0.2) is 0 Å². The van der Waals surface area contributed by atoms with Gasteiger partial charge in [-0.15, -0.1) is 0 Å². The van der Waals surface area contributed by atoms with Gasteiger partial charge in [-0.3, -0.25) is 0 Å². The summed E-state index contributed by atoms with van der Waals surface area (Å²) in [5.74, 6) is 0. The van der Waals surface area contributed by atoms with Crippen molar-refractivity contribution in [1.82, 2.24) is 5.12 Å². The first kappa shape index (κ1) is 7.60. The lowest BCUT2D eigenvalue weighted by molar-refractivity contribution is -0.906. The summed E-state index contributed by atoms with van der Waals surface area (Å²) < 4.78 is 0. The molecule has 7 nitrogen and oxygen atoms in total. The summed E-state index contributed by atoms with van der Waals surface area (Å²) >= 11 is 0. The first-order valence-electron chi connectivity index (χ1n) is 2.15. The molecule has 0 amide bonds. The molecule has 0 aliphatic rings. The van der Waals surface area contributed by atoms with Gasteiger partial charge in [-0.25, -0.2) is 20.2 Å². The molecule has 7 heteroatoms. The van der Waals surface area contributed by atoms with Crippen LogP contribution in [0.1, 0.15) is 6.92 Å². The van der Waals surface area contributed by atoms with Crippen LogP contribution in [-0.2, 0) is 0 Å². The predicted molar refractivity (Wildman–Crippen MR) is 26.4 cm³/mol. The summed E-state index contributed by atoms with van der Waals surface area (Å²) in [7, 11) is 0. The van der Waals surface area contributed by atoms with Crippen molar-refractivity contribution in [3.05, 3.63) is 20.2 Å². The van der Waals surface area contributed by atoms with Crippen molar-refractivity contribution in [1.29, 1.82) is 0 Å². The highest BCUT2D eigenvalue weighted by atomic mass is 16.8. The van der Waals surface area contributed by atoms with E-state index in [0.29, 0.717) is 0 Å². The van der Waals surface area contributed by atoms with Crippen LogP contribution < -0.4 is 0 Å². The Kier molecular flexibility index (Phi) is 2.36. The highest BCUT2D eigenvalue weighted by molar-refractivity contribution is 4.15. The van der Waals surface area contributed by atoms with Crippen molar-refractivity contribution < 1.29 is 10.1 Å². The first-order valence-corrected chi connectivity index (χ1v) is 2.15. The van der Waals surface area contributed by atoms with Crippen LogP contribution in [0.25, 0.3) is 0 Å². The van der Waals surface area contributed by atoms with Gasteiger partial charge in [0.2, 0.25) is 10.1 Å². The molecule has 0 atom stereocenters. The second-order valence-electron chi connectivity index (χ2n) is 1.16. The fraction of sp³-hybridized carbons (Fsp3) is 1.00. The Balaban J connectivity index is 3.99. The molecule has 52 valence electrons. The van der Waals surface area contributed by atoms with E-state index >= 15 is 0 Å². The molecule has 0 aromatic rings. The molecule has 0 radical (unpaired) electrons. The number of hydrazine groups is 2. The fourth-order valence-corrected chi connectivity index (χ4v) is 0.291. The van der Waals surface area contributed by atoms with Gasteiger partial charge in [0.15, 0.2) is 5.12 Å². The Morgan fingerprint density at radius 3 is 1.67 bits per heavy atom. The van der Waals surface area contributed by atoms with Crippen LogP contribution in [-0.4, -0.2) is 21.7 Å². The predicted octanol–water partition coefficient (Wildman–Crippen LogP) is -0.308. The van der Waals surface area contributed by atoms with Crippen LogP contribution >= 0.6 is 0 Å². The molecule has 0 fully saturated rings. The first-order chi connectivity index (χ1) is 4.09. The van der Waals surface area contributed by atoms with Crippen LogP contribution in [0.4, 0.5) is 0 Å². The van der Waals surface area contributed by atoms with Crippen molar-refractivity contribution in [2.75, 3.05) is 6.54 Å². The van der Waals surface area contributed by atoms with E-state index in [1.54, 1.807) is 0 Å². The monoisotopic (exact) mass is 135 g/mol. The number of rotatable bonds is 3. The Morgan fingerprint density at radius 1 is 1.33 bits per heavy atom. The Bertz CT molecular complexity index is 120. The highest BCUT2D eigenvalue weighted by Crippen LogP contribution is 1.85. The molecule has 9 heavy (non-hydrogen) atoms. The zero-order valence-electron chi connectivity index (χ0n) is 4.68. The van der Waals surface area contributed by atoms with Gasteiger partial charge >= 0.3 is 0 Å². The van der Waals surface area contributed by atoms with Gasteiger partial charge < -0.3 is 0 Å². The average Bonchev–Trinajstić information content (AvgIpc) is 1.64. The number of nitro groups is 2. The number of hydrogen-bond acceptors (Lipinski definition) is 4. The summed E-state index contributed by atoms with van der Waals surface area (Å²) in [6.07, 6.45) is 0. The van der Waals surface area contributed by atoms with E-state index in [1.807, 2.05) is 0 Å². The molecule has 0 unspecified atom stereocenters. The van der Waals surface area contributed by atoms with Crippen LogP contribution in [0.3, 0.4) is 0 Å². The topological polar surface area (TPSA) is 89.5 Å². The molecule has 0 saturated heterocycles. The smallest absolute Gasteiger partial charge is 0.222 e. The zero-order valence-corrected chi connectivity index (χ0v) is 4.68. The molecule has 0 saturated carbocycles. The second-order valence-corrected chi connectivity index (χ2v) is 1.16. The van der Waals surface area contributed by atoms with Gasteiger partial charge in [-0.1, -0.05) is 0 Å². The van der Waals surface area contributed by atoms with Gasteiger partial charge in [0.25, 0.3) is 0 Å². The zero-order chi connectivity index (χ0) is 7.44. The second kappa shape index (κ2) is 2.80. The lowest BCUT2D eigenvalue weighted by Crippen LogP contribution is -2.35. The summed E-state index contributed by atoms with van der Waals surface area (Å²) in [6.45, 7) is 1.09. The molecular weight excluding hydrogens is 130 g/mol. The summed E-state index contributed by atoms with van der Waals surface area (Å²) in [5, 5.41) is 17.1. The van der Waals surface area contributed by atoms with Gasteiger partial charge in [0.05, 0.1) is 0 Å². The minimum absolute atomic E-state index is 0.0972. The van der Waals surface area contributed by atoms with Crippen molar-refractivity contribution in [3.63, 3.8) is 0 Å². The SMILES string of the molecule is CCN([N+](=O)[O-])[N+](=O)[O-]. The Hall–Kier alpha value is -1.40. The maximum atomic E-state index is 9.66. The van der Waals surface area contributed by atoms with Crippen molar-refractivity contribution in [3.8, 4) is 0 Å². The quantitative estimate of drug-likeness (QED) is 0.391. The van der Waals surface area contributed by atoms with Crippen molar-refractivity contribution >= 4 is 0 Å². The number of nitrogens with zero attached hydrogens (tertiary/aromatic N) is 3. The average molecular weight is 135 g/mol. The van der Waals surface area contributed by atoms with E-state index in [1.165, 1.54) is 6.92 Å². The normalized spacial score (nSPS) is 8.56. The maximum Gasteiger partial charge on any atom is 0.222 e. The fourth-order valence-electron chi connectivity index (χ4n) is 0.291. The lowest BCUT2D eigenvalue weighted by atomic mass is 10.8. The minimum atomic E-state index is -1.07. The molecule has 0 aromatic heterocycles. The van der Waals surface area contributed by atoms with Gasteiger partial charge in [0.1, 0.15) is 6.54 Å². The van der Waals surface area contributed by atoms with E-state index in [0.717, 1.165) is 0 Å². The molecular formula is C2H5N3O4. The molecule has 0 N–H and O–H groups in total. The number of hydrogen-bond donors (Lipinski definition) is 0. The molecule has 0 bridgehead atoms. The van der Waals surface area contributed by atoms with E-state index in [9.17, 15) is 20.2 Å². The third kappa shape index (κ3) is 1.89. The molecule has 0 heterocycles. The van der Waals surface area contributed by atoms with E-state index in [-0.39, 0.29) is 11.7 Å². The highest BCUT2D eigenvalue weighted by Gasteiger charge is 2.22. The minimum Gasteiger partial charge on any atom is -0.230 e. The van der Waals surface area contributed by atoms with Crippen molar-refractivity contribution in [2.45, 2.75) is 6.92 Å². The van der Waals surface area contributed by atoms with Gasteiger partial charge in [-0.2, -0.15) is 0 Å². The van der Waals surface area contributed by atoms with Crippen LogP contribution in [0.5, 0.6) is 0 Å². The maximum absolute atomic E-state index is 9.66. The molecule has 0 aromatic carbocycles. The lowest BCUT2D eigenvalue weighted by Gasteiger charge is -1.97. The van der Waals surface area contributed by atoms with Crippen molar-refractivity contribution in [2.24, 2.45) is 0 Å². The molecule has 0 rings (SSSR count). The Labute approximate surface area is 50.1 Å². The Morgan fingerprint density at radius 2 is 1.67 bits per heavy atom. The molecule has 0 aliphatic carbocycles. The van der Waals surface area contributed by atoms with E-state index < -0.39 is 10.1 Å². The largest absolute Gasteiger partial charge is 0.230 e. The van der Waals surface area contributed by atoms with E-state index in [2.05, 4.69) is 0 Å². The summed E-state index contributed by atoms with van der Waals surface area (Å²) in [6, 6.07) is 0. The van der Waals surface area contributed by atoms with Crippen LogP contribution in [0, 0.1) is 20.2 Å². The van der Waals surface area contributed by atoms with Crippen LogP contribution in [0.2, 0.25) is 0 Å². The van der Waals surface area contributed by atoms with E-state index in [4.69, 9.17) is 0 Å². The third-order valence-corrected chi connectivity index (χ3v) is 0.660. The summed E-state index contributed by atoms with van der Waals surface area (Å²) in [5.41, 5.74) is 0. The molecule has 0 aliphatic heterocycles. The standard InChI is InChI=1S/C2H5N3O4/c1-2-3(4(6)7)5(8)9/h2H2,1H3. The summed E-state index contributed by atoms with van der Waals surface area (Å²) in [4.78, 5) is 19.3. The molecule has 0 spiro atoms. The van der Waals surface area contributed by atoms with Gasteiger partial charge in [-0.05, 0) is 6.92 Å². The van der Waals surface area contributed by atoms with Gasteiger partial charge in [0, 0.05) is 0 Å². The third-order valence-electron chi connectivity index (χ3n) is 0.660.